The molecule has 0 amide bonds. The Morgan fingerprint density at radius 1 is 1.09 bits per heavy atom. The van der Waals surface area contributed by atoms with Crippen LogP contribution < -0.4 is 11.1 Å². The van der Waals surface area contributed by atoms with Gasteiger partial charge < -0.3 is 11.1 Å². The average molecular weight is 329 g/mol. The highest BCUT2D eigenvalue weighted by molar-refractivity contribution is 7.90. The first-order chi connectivity index (χ1) is 10.8. The van der Waals surface area contributed by atoms with Gasteiger partial charge in [0.15, 0.2) is 0 Å². The molecular weight excluding hydrogens is 310 g/mol. The molecule has 23 heavy (non-hydrogen) atoms. The van der Waals surface area contributed by atoms with Crippen LogP contribution in [0.15, 0.2) is 45.7 Å². The van der Waals surface area contributed by atoms with Gasteiger partial charge in [-0.05, 0) is 42.2 Å². The molecule has 3 N–H and O–H groups in total. The van der Waals surface area contributed by atoms with E-state index in [0.29, 0.717) is 5.69 Å². The fourth-order valence-electron chi connectivity index (χ4n) is 3.16. The van der Waals surface area contributed by atoms with Crippen LogP contribution in [0.4, 0.5) is 5.69 Å². The van der Waals surface area contributed by atoms with Crippen molar-refractivity contribution >= 4 is 21.7 Å². The Morgan fingerprint density at radius 3 is 2.48 bits per heavy atom. The maximum Gasteiger partial charge on any atom is 0.287 e. The Morgan fingerprint density at radius 2 is 1.78 bits per heavy atom. The summed E-state index contributed by atoms with van der Waals surface area (Å²) in [5.74, 6) is -0.0684. The van der Waals surface area contributed by atoms with Crippen molar-refractivity contribution in [3.8, 4) is 0 Å². The molecule has 1 aliphatic heterocycles. The quantitative estimate of drug-likeness (QED) is 0.887. The minimum atomic E-state index is -3.76. The van der Waals surface area contributed by atoms with E-state index in [1.165, 1.54) is 0 Å². The number of guanidine groups is 1. The summed E-state index contributed by atoms with van der Waals surface area (Å²) >= 11 is 0. The summed E-state index contributed by atoms with van der Waals surface area (Å²) in [6.07, 6.45) is 0. The molecule has 3 rings (SSSR count). The number of benzene rings is 2. The lowest BCUT2D eigenvalue weighted by Gasteiger charge is -2.25. The summed E-state index contributed by atoms with van der Waals surface area (Å²) in [6.45, 7) is 6.10. The van der Waals surface area contributed by atoms with Crippen LogP contribution in [0, 0.1) is 13.8 Å². The Hall–Kier alpha value is -2.34. The van der Waals surface area contributed by atoms with Crippen molar-refractivity contribution in [3.63, 3.8) is 0 Å². The standard InChI is InChI=1S/C17H19N3O2S/c1-10-6-4-5-7-13(10)12(3)15-11(2)8-9-14-16(15)19-17(18)20-23(14,21)22/h4-9,12H,1-3H3,(H3,18,19,20). The van der Waals surface area contributed by atoms with E-state index in [0.717, 1.165) is 22.3 Å². The third kappa shape index (κ3) is 2.59. The van der Waals surface area contributed by atoms with Gasteiger partial charge in [-0.15, -0.1) is 4.40 Å². The summed E-state index contributed by atoms with van der Waals surface area (Å²) in [5.41, 5.74) is 10.5. The predicted molar refractivity (Wildman–Crippen MR) is 92.3 cm³/mol. The molecule has 0 bridgehead atoms. The molecule has 6 heteroatoms. The summed E-state index contributed by atoms with van der Waals surface area (Å²) in [7, 11) is -3.76. The molecule has 2 aromatic carbocycles. The number of aryl methyl sites for hydroxylation is 2. The van der Waals surface area contributed by atoms with Crippen molar-refractivity contribution in [1.82, 2.24) is 0 Å². The number of anilines is 1. The lowest BCUT2D eigenvalue weighted by Crippen LogP contribution is -2.30. The molecule has 0 spiro atoms. The molecule has 2 aromatic rings. The lowest BCUT2D eigenvalue weighted by molar-refractivity contribution is 0.597. The number of hydrogen-bond donors (Lipinski definition) is 2. The molecule has 5 nitrogen and oxygen atoms in total. The van der Waals surface area contributed by atoms with Crippen LogP contribution in [0.3, 0.4) is 0 Å². The van der Waals surface area contributed by atoms with E-state index in [1.54, 1.807) is 6.07 Å². The highest BCUT2D eigenvalue weighted by Gasteiger charge is 2.29. The first-order valence-corrected chi connectivity index (χ1v) is 8.82. The molecule has 0 fully saturated rings. The zero-order valence-corrected chi connectivity index (χ0v) is 14.1. The maximum atomic E-state index is 12.3. The Bertz CT molecular complexity index is 917. The third-order valence-corrected chi connectivity index (χ3v) is 5.60. The Labute approximate surface area is 136 Å². The fourth-order valence-corrected chi connectivity index (χ4v) is 4.23. The molecule has 0 aliphatic carbocycles. The summed E-state index contributed by atoms with van der Waals surface area (Å²) in [5, 5.41) is 2.94. The van der Waals surface area contributed by atoms with E-state index >= 15 is 0 Å². The van der Waals surface area contributed by atoms with Crippen LogP contribution in [0.1, 0.15) is 35.1 Å². The maximum absolute atomic E-state index is 12.3. The number of sulfonamides is 1. The lowest BCUT2D eigenvalue weighted by atomic mass is 9.86. The third-order valence-electron chi connectivity index (χ3n) is 4.26. The van der Waals surface area contributed by atoms with E-state index in [2.05, 4.69) is 35.7 Å². The second kappa shape index (κ2) is 5.38. The number of rotatable bonds is 2. The Balaban J connectivity index is 2.25. The monoisotopic (exact) mass is 329 g/mol. The van der Waals surface area contributed by atoms with Gasteiger partial charge in [-0.25, -0.2) is 0 Å². The molecular formula is C17H19N3O2S. The van der Waals surface area contributed by atoms with Gasteiger partial charge in [0.25, 0.3) is 10.0 Å². The molecule has 0 aromatic heterocycles. The zero-order valence-electron chi connectivity index (χ0n) is 13.3. The van der Waals surface area contributed by atoms with E-state index in [4.69, 9.17) is 5.73 Å². The normalized spacial score (nSPS) is 16.9. The van der Waals surface area contributed by atoms with Gasteiger partial charge in [-0.3, -0.25) is 0 Å². The SMILES string of the molecule is Cc1ccccc1C(C)c1c(C)ccc2c1NC(N)=NS2(=O)=O. The highest BCUT2D eigenvalue weighted by atomic mass is 32.2. The first-order valence-electron chi connectivity index (χ1n) is 7.38. The van der Waals surface area contributed by atoms with E-state index in [1.807, 2.05) is 25.1 Å². The molecule has 1 heterocycles. The molecule has 0 saturated carbocycles. The summed E-state index contributed by atoms with van der Waals surface area (Å²) in [4.78, 5) is 0.174. The van der Waals surface area contributed by atoms with E-state index in [9.17, 15) is 8.42 Å². The molecule has 0 saturated heterocycles. The Kier molecular flexibility index (Phi) is 3.64. The van der Waals surface area contributed by atoms with Gasteiger partial charge in [-0.1, -0.05) is 37.3 Å². The van der Waals surface area contributed by atoms with Crippen molar-refractivity contribution in [1.29, 1.82) is 0 Å². The topological polar surface area (TPSA) is 84.5 Å². The van der Waals surface area contributed by atoms with Crippen LogP contribution >= 0.6 is 0 Å². The van der Waals surface area contributed by atoms with Gasteiger partial charge in [0.05, 0.1) is 5.69 Å². The average Bonchev–Trinajstić information content (AvgIpc) is 2.45. The molecule has 1 atom stereocenters. The van der Waals surface area contributed by atoms with Crippen molar-refractivity contribution in [3.05, 3.63) is 58.7 Å². The minimum Gasteiger partial charge on any atom is -0.369 e. The first kappa shape index (κ1) is 15.6. The smallest absolute Gasteiger partial charge is 0.287 e. The highest BCUT2D eigenvalue weighted by Crippen LogP contribution is 2.39. The van der Waals surface area contributed by atoms with Gasteiger partial charge in [0.1, 0.15) is 4.90 Å². The van der Waals surface area contributed by atoms with E-state index in [-0.39, 0.29) is 16.8 Å². The van der Waals surface area contributed by atoms with E-state index < -0.39 is 10.0 Å². The van der Waals surface area contributed by atoms with Crippen molar-refractivity contribution in [2.24, 2.45) is 10.1 Å². The summed E-state index contributed by atoms with van der Waals surface area (Å²) in [6, 6.07) is 11.5. The number of nitrogens with two attached hydrogens (primary N) is 1. The molecule has 120 valence electrons. The van der Waals surface area contributed by atoms with Gasteiger partial charge in [0.2, 0.25) is 5.96 Å². The van der Waals surface area contributed by atoms with Crippen molar-refractivity contribution in [2.45, 2.75) is 31.6 Å². The molecule has 0 radical (unpaired) electrons. The zero-order chi connectivity index (χ0) is 16.8. The largest absolute Gasteiger partial charge is 0.369 e. The predicted octanol–water partition coefficient (Wildman–Crippen LogP) is 2.88. The van der Waals surface area contributed by atoms with Crippen LogP contribution in [0.25, 0.3) is 0 Å². The van der Waals surface area contributed by atoms with Crippen LogP contribution in [-0.4, -0.2) is 14.4 Å². The van der Waals surface area contributed by atoms with Crippen LogP contribution in [-0.2, 0) is 10.0 Å². The van der Waals surface area contributed by atoms with Crippen molar-refractivity contribution in [2.75, 3.05) is 5.32 Å². The van der Waals surface area contributed by atoms with Gasteiger partial charge in [0, 0.05) is 5.92 Å². The minimum absolute atomic E-state index is 0.0275. The second-order valence-corrected chi connectivity index (χ2v) is 7.40. The number of fused-ring (bicyclic) bond motifs is 1. The molecule has 1 aliphatic rings. The number of nitrogens with one attached hydrogen (secondary N) is 1. The summed E-state index contributed by atoms with van der Waals surface area (Å²) < 4.78 is 28.1. The second-order valence-electron chi connectivity index (χ2n) is 5.82. The number of hydrogen-bond acceptors (Lipinski definition) is 4. The number of nitrogens with zero attached hydrogens (tertiary/aromatic N) is 1. The van der Waals surface area contributed by atoms with Crippen molar-refractivity contribution < 1.29 is 8.42 Å². The van der Waals surface area contributed by atoms with Crippen LogP contribution in [0.5, 0.6) is 0 Å². The van der Waals surface area contributed by atoms with Gasteiger partial charge >= 0.3 is 0 Å². The molecule has 1 unspecified atom stereocenters. The van der Waals surface area contributed by atoms with Crippen LogP contribution in [0.2, 0.25) is 0 Å². The fraction of sp³-hybridized carbons (Fsp3) is 0.235. The van der Waals surface area contributed by atoms with Gasteiger partial charge in [-0.2, -0.15) is 8.42 Å².